The lowest BCUT2D eigenvalue weighted by molar-refractivity contribution is -0.128. The van der Waals surface area contributed by atoms with E-state index in [1.165, 1.54) is 0 Å². The Morgan fingerprint density at radius 1 is 0.714 bits per heavy atom. The summed E-state index contributed by atoms with van der Waals surface area (Å²) in [4.78, 5) is 13.8. The number of allylic oxidation sites excluding steroid dienone is 2. The van der Waals surface area contributed by atoms with Gasteiger partial charge in [-0.15, -0.1) is 0 Å². The van der Waals surface area contributed by atoms with Gasteiger partial charge in [-0.25, -0.2) is 0 Å². The van der Waals surface area contributed by atoms with Gasteiger partial charge in [0.05, 0.1) is 23.4 Å². The summed E-state index contributed by atoms with van der Waals surface area (Å²) < 4.78 is 11.5. The lowest BCUT2D eigenvalue weighted by atomic mass is 9.67. The van der Waals surface area contributed by atoms with Gasteiger partial charge >= 0.3 is 0 Å². The van der Waals surface area contributed by atoms with Gasteiger partial charge in [-0.2, -0.15) is 0 Å². The molecular formula is C25H30O3. The minimum atomic E-state index is -0.755. The summed E-state index contributed by atoms with van der Waals surface area (Å²) in [6, 6.07) is 15.4. The quantitative estimate of drug-likeness (QED) is 0.503. The van der Waals surface area contributed by atoms with Gasteiger partial charge in [0.15, 0.2) is 5.78 Å². The molecule has 2 aromatic carbocycles. The average molecular weight is 379 g/mol. The first-order chi connectivity index (χ1) is 13.3. The van der Waals surface area contributed by atoms with Gasteiger partial charge in [0.2, 0.25) is 0 Å². The van der Waals surface area contributed by atoms with E-state index in [4.69, 9.17) is 9.47 Å². The summed E-state index contributed by atoms with van der Waals surface area (Å²) in [7, 11) is 0. The second kappa shape index (κ2) is 8.92. The third-order valence-corrected chi connectivity index (χ3v) is 4.92. The Labute approximate surface area is 168 Å². The molecule has 2 rings (SSSR count). The van der Waals surface area contributed by atoms with Crippen molar-refractivity contribution in [3.8, 4) is 11.5 Å². The van der Waals surface area contributed by atoms with Crippen LogP contribution in [0.25, 0.3) is 0 Å². The van der Waals surface area contributed by atoms with Crippen LogP contribution in [0.4, 0.5) is 0 Å². The van der Waals surface area contributed by atoms with E-state index in [1.54, 1.807) is 12.5 Å². The Kier molecular flexibility index (Phi) is 6.85. The zero-order chi connectivity index (χ0) is 20.8. The van der Waals surface area contributed by atoms with Crippen LogP contribution >= 0.6 is 0 Å². The third kappa shape index (κ3) is 4.36. The summed E-state index contributed by atoms with van der Waals surface area (Å²) in [6.45, 7) is 11.6. The number of para-hydroxylation sites is 2. The van der Waals surface area contributed by atoms with Gasteiger partial charge in [0, 0.05) is 11.1 Å². The van der Waals surface area contributed by atoms with Gasteiger partial charge in [-0.3, -0.25) is 4.79 Å². The molecule has 3 nitrogen and oxygen atoms in total. The van der Waals surface area contributed by atoms with Crippen LogP contribution in [-0.2, 0) is 15.6 Å². The van der Waals surface area contributed by atoms with Crippen LogP contribution in [-0.4, -0.2) is 5.78 Å². The minimum absolute atomic E-state index is 0.0908. The minimum Gasteiger partial charge on any atom is -0.465 e. The van der Waals surface area contributed by atoms with E-state index in [1.807, 2.05) is 102 Å². The maximum absolute atomic E-state index is 13.8. The van der Waals surface area contributed by atoms with Crippen molar-refractivity contribution in [1.82, 2.24) is 0 Å². The fraction of sp³-hybridized carbons (Fsp3) is 0.320. The standard InChI is InChI=1S/C25H30O3/c1-7-17-27-21-15-11-9-13-19(21)24(3,4)23(26)25(5,6)20-14-10-12-16-22(20)28-18-8-2/h7-18H,1-6H3. The molecule has 0 aliphatic carbocycles. The fourth-order valence-electron chi connectivity index (χ4n) is 3.48. The molecule has 0 radical (unpaired) electrons. The maximum Gasteiger partial charge on any atom is 0.153 e. The predicted molar refractivity (Wildman–Crippen MR) is 115 cm³/mol. The van der Waals surface area contributed by atoms with E-state index in [0.29, 0.717) is 11.5 Å². The number of benzene rings is 2. The van der Waals surface area contributed by atoms with Crippen molar-refractivity contribution in [2.45, 2.75) is 52.4 Å². The summed E-state index contributed by atoms with van der Waals surface area (Å²) >= 11 is 0. The number of ketones is 1. The second-order valence-corrected chi connectivity index (χ2v) is 7.75. The van der Waals surface area contributed by atoms with Crippen LogP contribution in [0.3, 0.4) is 0 Å². The molecule has 0 aliphatic heterocycles. The molecule has 0 fully saturated rings. The molecule has 0 saturated heterocycles. The highest BCUT2D eigenvalue weighted by Gasteiger charge is 2.43. The Balaban J connectivity index is 2.49. The van der Waals surface area contributed by atoms with E-state index in [9.17, 15) is 4.79 Å². The van der Waals surface area contributed by atoms with Gasteiger partial charge in [-0.1, -0.05) is 48.6 Å². The van der Waals surface area contributed by atoms with Gasteiger partial charge < -0.3 is 9.47 Å². The molecule has 0 spiro atoms. The van der Waals surface area contributed by atoms with Crippen LogP contribution in [0.15, 0.2) is 73.2 Å². The number of rotatable bonds is 8. The topological polar surface area (TPSA) is 35.5 Å². The molecule has 0 aliphatic rings. The highest BCUT2D eigenvalue weighted by molar-refractivity contribution is 5.98. The molecule has 0 atom stereocenters. The molecule has 28 heavy (non-hydrogen) atoms. The highest BCUT2D eigenvalue weighted by atomic mass is 16.5. The Hall–Kier alpha value is -2.81. The molecule has 3 heteroatoms. The van der Waals surface area contributed by atoms with E-state index >= 15 is 0 Å². The largest absolute Gasteiger partial charge is 0.465 e. The van der Waals surface area contributed by atoms with Crippen LogP contribution in [0.1, 0.15) is 52.7 Å². The number of carbonyl (C=O) groups excluding carboxylic acids is 1. The van der Waals surface area contributed by atoms with Crippen molar-refractivity contribution < 1.29 is 14.3 Å². The predicted octanol–water partition coefficient (Wildman–Crippen LogP) is 6.34. The van der Waals surface area contributed by atoms with Crippen molar-refractivity contribution in [1.29, 1.82) is 0 Å². The van der Waals surface area contributed by atoms with E-state index in [-0.39, 0.29) is 5.78 Å². The smallest absolute Gasteiger partial charge is 0.153 e. The van der Waals surface area contributed by atoms with Crippen molar-refractivity contribution in [2.24, 2.45) is 0 Å². The van der Waals surface area contributed by atoms with E-state index in [2.05, 4.69) is 0 Å². The number of carbonyl (C=O) groups is 1. The molecule has 0 aromatic heterocycles. The van der Waals surface area contributed by atoms with Crippen LogP contribution < -0.4 is 9.47 Å². The van der Waals surface area contributed by atoms with Gasteiger partial charge in [0.1, 0.15) is 11.5 Å². The molecule has 0 saturated carbocycles. The highest BCUT2D eigenvalue weighted by Crippen LogP contribution is 2.41. The normalized spacial score (nSPS) is 12.5. The molecule has 2 aromatic rings. The number of hydrogen-bond acceptors (Lipinski definition) is 3. The molecule has 0 amide bonds. The number of Topliss-reactive ketones (excluding diaryl/α,β-unsaturated/α-hetero) is 1. The van der Waals surface area contributed by atoms with Crippen molar-refractivity contribution in [3.63, 3.8) is 0 Å². The monoisotopic (exact) mass is 378 g/mol. The SMILES string of the molecule is CC=COc1ccccc1C(C)(C)C(=O)C(C)(C)c1ccccc1OC=CC. The first kappa shape index (κ1) is 21.5. The molecule has 0 unspecified atom stereocenters. The van der Waals surface area contributed by atoms with Crippen LogP contribution in [0.5, 0.6) is 11.5 Å². The first-order valence-corrected chi connectivity index (χ1v) is 9.56. The number of ether oxygens (including phenoxy) is 2. The van der Waals surface area contributed by atoms with E-state index in [0.717, 1.165) is 11.1 Å². The van der Waals surface area contributed by atoms with E-state index < -0.39 is 10.8 Å². The van der Waals surface area contributed by atoms with Gasteiger partial charge in [-0.05, 0) is 53.7 Å². The maximum atomic E-state index is 13.8. The third-order valence-electron chi connectivity index (χ3n) is 4.92. The Bertz CT molecular complexity index is 801. The summed E-state index contributed by atoms with van der Waals surface area (Å²) in [5, 5.41) is 0. The lowest BCUT2D eigenvalue weighted by Crippen LogP contribution is -2.43. The lowest BCUT2D eigenvalue weighted by Gasteiger charge is -2.35. The average Bonchev–Trinajstić information content (AvgIpc) is 2.70. The van der Waals surface area contributed by atoms with Crippen molar-refractivity contribution in [2.75, 3.05) is 0 Å². The summed E-state index contributed by atoms with van der Waals surface area (Å²) in [5.74, 6) is 1.47. The van der Waals surface area contributed by atoms with Crippen molar-refractivity contribution in [3.05, 3.63) is 84.3 Å². The summed E-state index contributed by atoms with van der Waals surface area (Å²) in [5.41, 5.74) is 0.209. The molecule has 0 heterocycles. The second-order valence-electron chi connectivity index (χ2n) is 7.75. The van der Waals surface area contributed by atoms with Crippen LogP contribution in [0, 0.1) is 0 Å². The van der Waals surface area contributed by atoms with Gasteiger partial charge in [0.25, 0.3) is 0 Å². The van der Waals surface area contributed by atoms with Crippen molar-refractivity contribution >= 4 is 5.78 Å². The van der Waals surface area contributed by atoms with Crippen LogP contribution in [0.2, 0.25) is 0 Å². The number of hydrogen-bond donors (Lipinski definition) is 0. The molecule has 0 N–H and O–H groups in total. The molecular weight excluding hydrogens is 348 g/mol. The zero-order valence-electron chi connectivity index (χ0n) is 17.7. The zero-order valence-corrected chi connectivity index (χ0v) is 17.7. The fourth-order valence-corrected chi connectivity index (χ4v) is 3.48. The molecule has 0 bridgehead atoms. The first-order valence-electron chi connectivity index (χ1n) is 9.56. The Morgan fingerprint density at radius 3 is 1.43 bits per heavy atom. The molecule has 148 valence electrons. The summed E-state index contributed by atoms with van der Waals surface area (Å²) in [6.07, 6.45) is 6.91. The Morgan fingerprint density at radius 2 is 1.07 bits per heavy atom.